The van der Waals surface area contributed by atoms with Gasteiger partial charge in [-0.3, -0.25) is 14.7 Å². The van der Waals surface area contributed by atoms with Crippen LogP contribution in [0.3, 0.4) is 0 Å². The predicted molar refractivity (Wildman–Crippen MR) is 52.0 cm³/mol. The van der Waals surface area contributed by atoms with Crippen molar-refractivity contribution in [2.45, 2.75) is 0 Å². The monoisotopic (exact) mass is 284 g/mol. The van der Waals surface area contributed by atoms with E-state index in [-0.39, 0.29) is 0 Å². The molecule has 10 nitrogen and oxygen atoms in total. The fourth-order valence-corrected chi connectivity index (χ4v) is 1.58. The van der Waals surface area contributed by atoms with Gasteiger partial charge in [0.25, 0.3) is 0 Å². The van der Waals surface area contributed by atoms with Crippen molar-refractivity contribution in [3.63, 3.8) is 0 Å². The van der Waals surface area contributed by atoms with E-state index < -0.39 is 34.8 Å². The maximum absolute atomic E-state index is 10.9. The lowest BCUT2D eigenvalue weighted by atomic mass is 10.4. The fourth-order valence-electron chi connectivity index (χ4n) is 0.725. The van der Waals surface area contributed by atoms with Crippen LogP contribution in [-0.4, -0.2) is 31.3 Å². The molecule has 17 heavy (non-hydrogen) atoms. The van der Waals surface area contributed by atoms with Gasteiger partial charge in [-0.05, 0) is 6.07 Å². The molecule has 0 aliphatic heterocycles. The molecule has 0 saturated heterocycles. The maximum Gasteiger partial charge on any atom is 0.445 e. The van der Waals surface area contributed by atoms with Gasteiger partial charge >= 0.3 is 29.9 Å². The quantitative estimate of drug-likeness (QED) is 0.333. The molecule has 0 amide bonds. The van der Waals surface area contributed by atoms with Gasteiger partial charge in [0.15, 0.2) is 0 Å². The summed E-state index contributed by atoms with van der Waals surface area (Å²) in [6.07, 6.45) is 0.946. The normalized spacial score (nSPS) is 12.1. The van der Waals surface area contributed by atoms with Crippen molar-refractivity contribution < 1.29 is 30.5 Å². The van der Waals surface area contributed by atoms with E-state index >= 15 is 0 Å². The highest BCUT2D eigenvalue weighted by molar-refractivity contribution is 8.63. The van der Waals surface area contributed by atoms with Crippen LogP contribution in [0.2, 0.25) is 0 Å². The van der Waals surface area contributed by atoms with Crippen molar-refractivity contribution in [1.29, 1.82) is 0 Å². The van der Waals surface area contributed by atoms with Crippen LogP contribution in [0.5, 0.6) is 5.88 Å². The minimum Gasteiger partial charge on any atom is -0.341 e. The molecule has 1 rings (SSSR count). The zero-order chi connectivity index (χ0) is 13.3. The molecule has 1 aromatic rings. The van der Waals surface area contributed by atoms with E-state index in [1.165, 1.54) is 0 Å². The Balaban J connectivity index is 3.27. The van der Waals surface area contributed by atoms with Gasteiger partial charge in [-0.2, -0.15) is 16.8 Å². The molecular formula is C5H4N2O8S2. The number of hydrogen-bond acceptors (Lipinski definition) is 8. The van der Waals surface area contributed by atoms with Gasteiger partial charge in [0.1, 0.15) is 0 Å². The number of rotatable bonds is 4. The Hall–Kier alpha value is -1.79. The molecule has 0 unspecified atom stereocenters. The largest absolute Gasteiger partial charge is 0.445 e. The van der Waals surface area contributed by atoms with Crippen molar-refractivity contribution >= 4 is 24.0 Å². The van der Waals surface area contributed by atoms with Gasteiger partial charge in [-0.25, -0.2) is 4.98 Å². The summed E-state index contributed by atoms with van der Waals surface area (Å²) in [5.74, 6) is -1.06. The first-order chi connectivity index (χ1) is 7.65. The van der Waals surface area contributed by atoms with Crippen LogP contribution in [-0.2, 0) is 18.3 Å². The number of pyridine rings is 1. The van der Waals surface area contributed by atoms with Crippen LogP contribution in [0.25, 0.3) is 0 Å². The molecule has 0 radical (unpaired) electrons. The second-order valence-electron chi connectivity index (χ2n) is 2.50. The Kier molecular flexibility index (Phi) is 3.30. The second-order valence-corrected chi connectivity index (χ2v) is 6.83. The Morgan fingerprint density at radius 2 is 1.94 bits per heavy atom. The van der Waals surface area contributed by atoms with Crippen molar-refractivity contribution in [1.82, 2.24) is 4.98 Å². The van der Waals surface area contributed by atoms with E-state index in [9.17, 15) is 26.9 Å². The lowest BCUT2D eigenvalue weighted by molar-refractivity contribution is -0.385. The molecule has 0 atom stereocenters. The molecule has 0 spiro atoms. The van der Waals surface area contributed by atoms with Gasteiger partial charge in [0, 0.05) is 12.3 Å². The lowest BCUT2D eigenvalue weighted by Crippen LogP contribution is -2.21. The molecular weight excluding hydrogens is 280 g/mol. The highest BCUT2D eigenvalue weighted by atomic mass is 33.2. The molecule has 0 saturated carbocycles. The standard InChI is InChI=1S/C5H4N2O8S2/c8-7(9)4-2-1-3-6-5(4)15-17(13,14)16(10,11)12/h1-3H,(H,10,11,12). The third-order valence-corrected chi connectivity index (χ3v) is 4.02. The van der Waals surface area contributed by atoms with E-state index in [2.05, 4.69) is 9.17 Å². The fraction of sp³-hybridized carbons (Fsp3) is 0. The summed E-state index contributed by atoms with van der Waals surface area (Å²) in [5.41, 5.74) is -0.861. The summed E-state index contributed by atoms with van der Waals surface area (Å²) >= 11 is 0. The van der Waals surface area contributed by atoms with Crippen LogP contribution < -0.4 is 4.18 Å². The van der Waals surface area contributed by atoms with Gasteiger partial charge < -0.3 is 4.18 Å². The summed E-state index contributed by atoms with van der Waals surface area (Å²) in [6.45, 7) is 0. The summed E-state index contributed by atoms with van der Waals surface area (Å²) in [7, 11) is -11.0. The van der Waals surface area contributed by atoms with Crippen LogP contribution in [0.1, 0.15) is 0 Å². The first kappa shape index (κ1) is 13.3. The molecule has 0 aliphatic rings. The van der Waals surface area contributed by atoms with E-state index in [4.69, 9.17) is 4.55 Å². The topological polar surface area (TPSA) is 154 Å². The van der Waals surface area contributed by atoms with E-state index in [0.29, 0.717) is 0 Å². The molecule has 94 valence electrons. The Morgan fingerprint density at radius 1 is 1.35 bits per heavy atom. The summed E-state index contributed by atoms with van der Waals surface area (Å²) in [5, 5.41) is 10.4. The number of hydrogen-bond donors (Lipinski definition) is 1. The van der Waals surface area contributed by atoms with Crippen LogP contribution in [0, 0.1) is 10.1 Å². The highest BCUT2D eigenvalue weighted by Crippen LogP contribution is 2.25. The predicted octanol–water partition coefficient (Wildman–Crippen LogP) is -0.499. The van der Waals surface area contributed by atoms with Crippen LogP contribution >= 0.6 is 0 Å². The van der Waals surface area contributed by atoms with E-state index in [1.807, 2.05) is 0 Å². The lowest BCUT2D eigenvalue weighted by Gasteiger charge is -2.02. The van der Waals surface area contributed by atoms with Gasteiger partial charge in [0.05, 0.1) is 4.92 Å². The zero-order valence-electron chi connectivity index (χ0n) is 7.75. The number of aromatic nitrogens is 1. The number of nitrogens with zero attached hydrogens (tertiary/aromatic N) is 2. The first-order valence-electron chi connectivity index (χ1n) is 3.66. The summed E-state index contributed by atoms with van der Waals surface area (Å²) in [6, 6.07) is 1.97. The third kappa shape index (κ3) is 2.86. The van der Waals surface area contributed by atoms with Crippen molar-refractivity contribution in [2.75, 3.05) is 0 Å². The molecule has 0 bridgehead atoms. The highest BCUT2D eigenvalue weighted by Gasteiger charge is 2.33. The van der Waals surface area contributed by atoms with Crippen LogP contribution in [0.15, 0.2) is 18.3 Å². The van der Waals surface area contributed by atoms with Crippen molar-refractivity contribution in [3.8, 4) is 5.88 Å². The maximum atomic E-state index is 10.9. The van der Waals surface area contributed by atoms with Crippen molar-refractivity contribution in [3.05, 3.63) is 28.4 Å². The minimum absolute atomic E-state index is 0.849. The average Bonchev–Trinajstić information content (AvgIpc) is 2.15. The average molecular weight is 284 g/mol. The molecule has 1 heterocycles. The summed E-state index contributed by atoms with van der Waals surface area (Å²) in [4.78, 5) is 12.6. The third-order valence-electron chi connectivity index (χ3n) is 1.39. The minimum atomic E-state index is -5.56. The Morgan fingerprint density at radius 3 is 2.41 bits per heavy atom. The van der Waals surface area contributed by atoms with E-state index in [1.54, 1.807) is 0 Å². The van der Waals surface area contributed by atoms with Gasteiger partial charge in [0.2, 0.25) is 0 Å². The molecule has 12 heteroatoms. The Bertz CT molecular complexity index is 648. The molecule has 1 aromatic heterocycles. The summed E-state index contributed by atoms with van der Waals surface area (Å²) < 4.78 is 54.7. The van der Waals surface area contributed by atoms with Gasteiger partial charge in [-0.15, -0.1) is 0 Å². The SMILES string of the molecule is O=[N+]([O-])c1cccnc1OS(=O)(=O)S(=O)(=O)O. The smallest absolute Gasteiger partial charge is 0.341 e. The molecule has 1 N–H and O–H groups in total. The molecule has 0 fully saturated rings. The first-order valence-corrected chi connectivity index (χ1v) is 7.03. The van der Waals surface area contributed by atoms with Gasteiger partial charge in [-0.1, -0.05) is 0 Å². The second kappa shape index (κ2) is 4.23. The molecule has 0 aromatic carbocycles. The Labute approximate surface area is 94.3 Å². The number of nitro groups is 1. The zero-order valence-corrected chi connectivity index (χ0v) is 9.38. The molecule has 0 aliphatic carbocycles. The van der Waals surface area contributed by atoms with Crippen LogP contribution in [0.4, 0.5) is 5.69 Å². The van der Waals surface area contributed by atoms with E-state index in [0.717, 1.165) is 18.3 Å². The van der Waals surface area contributed by atoms with Crippen molar-refractivity contribution in [2.24, 2.45) is 0 Å².